The zero-order valence-corrected chi connectivity index (χ0v) is 16.4. The molecule has 0 saturated carbocycles. The molecule has 1 fully saturated rings. The maximum atomic E-state index is 14.5. The number of likely N-dealkylation sites (tertiary alicyclic amines) is 1. The van der Waals surface area contributed by atoms with E-state index in [1.165, 1.54) is 22.5 Å². The van der Waals surface area contributed by atoms with E-state index < -0.39 is 18.1 Å². The summed E-state index contributed by atoms with van der Waals surface area (Å²) in [7, 11) is 0. The Morgan fingerprint density at radius 1 is 1.50 bits per heavy atom. The lowest BCUT2D eigenvalue weighted by Gasteiger charge is -2.34. The summed E-state index contributed by atoms with van der Waals surface area (Å²) in [6, 6.07) is 0. The number of amides is 1. The summed E-state index contributed by atoms with van der Waals surface area (Å²) in [5.74, 6) is -0.445. The van der Waals surface area contributed by atoms with Crippen molar-refractivity contribution in [1.29, 1.82) is 0 Å². The minimum Gasteiger partial charge on any atom is -0.469 e. The number of carbonyl (C=O) groups is 1. The van der Waals surface area contributed by atoms with Crippen LogP contribution in [-0.2, 0) is 11.3 Å². The molecule has 0 bridgehead atoms. The molecule has 1 saturated heterocycles. The number of rotatable bonds is 6. The zero-order valence-electron chi connectivity index (χ0n) is 16.4. The van der Waals surface area contributed by atoms with E-state index in [4.69, 9.17) is 4.74 Å². The van der Waals surface area contributed by atoms with Crippen LogP contribution in [0.1, 0.15) is 18.9 Å². The monoisotopic (exact) mass is 418 g/mol. The molecule has 0 spiro atoms. The molecule has 0 unspecified atom stereocenters. The number of fused-ring (bicyclic) bond motifs is 1. The molecule has 4 heterocycles. The van der Waals surface area contributed by atoms with Gasteiger partial charge in [0.05, 0.1) is 18.4 Å². The van der Waals surface area contributed by atoms with E-state index in [-0.39, 0.29) is 42.8 Å². The largest absolute Gasteiger partial charge is 0.469 e. The number of halogens is 2. The van der Waals surface area contributed by atoms with E-state index in [1.807, 2.05) is 6.92 Å². The number of nitrogens with two attached hydrogens (primary N) is 1. The second-order valence-corrected chi connectivity index (χ2v) is 6.95. The molecule has 4 rings (SSSR count). The Labute approximate surface area is 171 Å². The highest BCUT2D eigenvalue weighted by molar-refractivity contribution is 5.87. The number of carbonyl (C=O) groups excluding carboxylic acids is 1. The van der Waals surface area contributed by atoms with Crippen LogP contribution in [0.5, 0.6) is 5.88 Å². The molecular formula is C19H22F2N7O2+. The van der Waals surface area contributed by atoms with Gasteiger partial charge in [0.15, 0.2) is 11.4 Å². The number of aromatic nitrogens is 4. The smallest absolute Gasteiger partial charge is 0.248 e. The Kier molecular flexibility index (Phi) is 5.44. The molecule has 2 atom stereocenters. The summed E-state index contributed by atoms with van der Waals surface area (Å²) in [5, 5.41) is 8.68. The highest BCUT2D eigenvalue weighted by atomic mass is 19.1. The second kappa shape index (κ2) is 8.19. The van der Waals surface area contributed by atoms with Crippen LogP contribution in [-0.4, -0.2) is 55.9 Å². The molecule has 3 N–H and O–H groups in total. The first kappa shape index (κ1) is 20.0. The highest BCUT2D eigenvalue weighted by Crippen LogP contribution is 2.34. The fourth-order valence-electron chi connectivity index (χ4n) is 3.38. The van der Waals surface area contributed by atoms with Crippen molar-refractivity contribution in [2.75, 3.05) is 18.4 Å². The molecule has 158 valence electrons. The molecule has 9 nitrogen and oxygen atoms in total. The molecule has 0 aromatic carbocycles. The van der Waals surface area contributed by atoms with Gasteiger partial charge in [-0.3, -0.25) is 14.8 Å². The van der Waals surface area contributed by atoms with Crippen molar-refractivity contribution >= 4 is 29.2 Å². The number of nitrogens with zero attached hydrogens (tertiary/aromatic N) is 5. The Balaban J connectivity index is 1.61. The van der Waals surface area contributed by atoms with Crippen LogP contribution in [0.2, 0.25) is 0 Å². The lowest BCUT2D eigenvalue weighted by atomic mass is 10.1. The van der Waals surface area contributed by atoms with Crippen LogP contribution in [0.15, 0.2) is 31.2 Å². The lowest BCUT2D eigenvalue weighted by Crippen LogP contribution is -2.70. The van der Waals surface area contributed by atoms with Crippen LogP contribution in [0.3, 0.4) is 0 Å². The van der Waals surface area contributed by atoms with Crippen molar-refractivity contribution in [3.05, 3.63) is 36.8 Å². The Hall–Kier alpha value is -3.34. The summed E-state index contributed by atoms with van der Waals surface area (Å²) in [5.41, 5.74) is 0.724. The van der Waals surface area contributed by atoms with Gasteiger partial charge >= 0.3 is 0 Å². The highest BCUT2D eigenvalue weighted by Gasteiger charge is 2.36. The van der Waals surface area contributed by atoms with Crippen LogP contribution in [0.25, 0.3) is 5.83 Å². The van der Waals surface area contributed by atoms with Gasteiger partial charge in [0.1, 0.15) is 18.5 Å². The van der Waals surface area contributed by atoms with Gasteiger partial charge in [-0.05, 0) is 19.4 Å². The Morgan fingerprint density at radius 3 is 3.07 bits per heavy atom. The lowest BCUT2D eigenvalue weighted by molar-refractivity contribution is -0.496. The summed E-state index contributed by atoms with van der Waals surface area (Å²) in [4.78, 5) is 21.9. The normalized spacial score (nSPS) is 20.5. The van der Waals surface area contributed by atoms with E-state index >= 15 is 0 Å². The number of quaternary nitrogens is 1. The van der Waals surface area contributed by atoms with Gasteiger partial charge < -0.3 is 15.0 Å². The van der Waals surface area contributed by atoms with Gasteiger partial charge in [-0.2, -0.15) is 19.5 Å². The molecular weight excluding hydrogens is 396 g/mol. The minimum absolute atomic E-state index is 0.0197. The Bertz CT molecular complexity index is 1010. The van der Waals surface area contributed by atoms with Crippen molar-refractivity contribution < 1.29 is 23.6 Å². The second-order valence-electron chi connectivity index (χ2n) is 6.95. The maximum absolute atomic E-state index is 14.5. The first-order valence-corrected chi connectivity index (χ1v) is 9.63. The van der Waals surface area contributed by atoms with E-state index in [1.54, 1.807) is 17.1 Å². The molecule has 2 aliphatic heterocycles. The van der Waals surface area contributed by atoms with E-state index in [0.717, 1.165) is 0 Å². The number of hydrogen-bond donors (Lipinski definition) is 2. The van der Waals surface area contributed by atoms with Crippen LogP contribution < -0.4 is 15.4 Å². The van der Waals surface area contributed by atoms with Gasteiger partial charge in [0, 0.05) is 19.3 Å². The average molecular weight is 418 g/mol. The van der Waals surface area contributed by atoms with Crippen molar-refractivity contribution in [2.45, 2.75) is 32.2 Å². The molecule has 30 heavy (non-hydrogen) atoms. The SMILES string of the molecule is C=CC(=O)N1CC[C@@H](F)[C@@H](Oc2nc(Nc3cnn(CC)c3)nc3c2C(F)=C[NH2+]3)C1. The van der Waals surface area contributed by atoms with Crippen molar-refractivity contribution in [2.24, 2.45) is 0 Å². The number of ether oxygens (including phenoxy) is 1. The summed E-state index contributed by atoms with van der Waals surface area (Å²) in [6.07, 6.45) is 3.63. The Morgan fingerprint density at radius 2 is 2.33 bits per heavy atom. The minimum atomic E-state index is -1.32. The van der Waals surface area contributed by atoms with Gasteiger partial charge in [-0.25, -0.2) is 4.39 Å². The number of alkyl halides is 1. The molecule has 0 radical (unpaired) electrons. The maximum Gasteiger partial charge on any atom is 0.248 e. The molecule has 2 aliphatic rings. The van der Waals surface area contributed by atoms with E-state index in [2.05, 4.69) is 27.0 Å². The number of aryl methyl sites for hydroxylation is 1. The third-order valence-electron chi connectivity index (χ3n) is 4.97. The quantitative estimate of drug-likeness (QED) is 0.688. The molecule has 2 aromatic rings. The van der Waals surface area contributed by atoms with Crippen LogP contribution in [0.4, 0.5) is 26.2 Å². The van der Waals surface area contributed by atoms with Gasteiger partial charge in [0.25, 0.3) is 0 Å². The predicted octanol–water partition coefficient (Wildman–Crippen LogP) is 1.42. The van der Waals surface area contributed by atoms with Gasteiger partial charge in [-0.15, -0.1) is 0 Å². The fourth-order valence-corrected chi connectivity index (χ4v) is 3.38. The first-order chi connectivity index (χ1) is 14.5. The number of anilines is 2. The number of nitrogens with one attached hydrogen (secondary N) is 1. The average Bonchev–Trinajstić information content (AvgIpc) is 3.35. The third-order valence-corrected chi connectivity index (χ3v) is 4.97. The molecule has 1 amide bonds. The standard InChI is InChI=1S/C19H21F2N7O2/c1-3-15(29)27-6-5-12(20)14(10-27)30-18-16-13(21)8-22-17(16)25-19(26-18)24-11-7-23-28(4-2)9-11/h3,7-9,12,14H,1,4-6,10H2,2H3,(H2,22,24,25,26)/p+1/t12-,14+/m1/s1. The van der Waals surface area contributed by atoms with Gasteiger partial charge in [0.2, 0.25) is 23.6 Å². The number of hydrogen-bond acceptors (Lipinski definition) is 6. The summed E-state index contributed by atoms with van der Waals surface area (Å²) < 4.78 is 36.4. The topological polar surface area (TPSA) is 102 Å². The van der Waals surface area contributed by atoms with Crippen LogP contribution >= 0.6 is 0 Å². The fraction of sp³-hybridized carbons (Fsp3) is 0.368. The zero-order chi connectivity index (χ0) is 21.3. The van der Waals surface area contributed by atoms with E-state index in [0.29, 0.717) is 18.1 Å². The van der Waals surface area contributed by atoms with E-state index in [9.17, 15) is 13.6 Å². The third kappa shape index (κ3) is 3.88. The number of piperidine rings is 1. The van der Waals surface area contributed by atoms with Crippen molar-refractivity contribution in [3.63, 3.8) is 0 Å². The molecule has 2 aromatic heterocycles. The summed E-state index contributed by atoms with van der Waals surface area (Å²) >= 11 is 0. The first-order valence-electron chi connectivity index (χ1n) is 9.63. The van der Waals surface area contributed by atoms with Crippen LogP contribution in [0, 0.1) is 0 Å². The summed E-state index contributed by atoms with van der Waals surface area (Å²) in [6.45, 7) is 6.40. The molecule has 0 aliphatic carbocycles. The molecule has 11 heteroatoms. The van der Waals surface area contributed by atoms with Crippen molar-refractivity contribution in [1.82, 2.24) is 24.6 Å². The predicted molar refractivity (Wildman–Crippen MR) is 105 cm³/mol. The van der Waals surface area contributed by atoms with Crippen molar-refractivity contribution in [3.8, 4) is 5.88 Å². The van der Waals surface area contributed by atoms with Gasteiger partial charge in [-0.1, -0.05) is 6.58 Å².